The van der Waals surface area contributed by atoms with Gasteiger partial charge in [-0.2, -0.15) is 13.2 Å². The molecule has 0 heterocycles. The predicted octanol–water partition coefficient (Wildman–Crippen LogP) is 3.24. The Morgan fingerprint density at radius 3 is 2.59 bits per heavy atom. The summed E-state index contributed by atoms with van der Waals surface area (Å²) in [5.74, 6) is -0.742. The third-order valence-electron chi connectivity index (χ3n) is 1.82. The van der Waals surface area contributed by atoms with Gasteiger partial charge in [0.05, 0.1) is 5.69 Å². The molecule has 0 aliphatic heterocycles. The molecule has 0 aliphatic carbocycles. The van der Waals surface area contributed by atoms with E-state index in [-0.39, 0.29) is 5.69 Å². The van der Waals surface area contributed by atoms with Crippen molar-refractivity contribution in [1.82, 2.24) is 0 Å². The van der Waals surface area contributed by atoms with Crippen LogP contribution < -0.4 is 5.32 Å². The van der Waals surface area contributed by atoms with Gasteiger partial charge in [0, 0.05) is 0 Å². The minimum atomic E-state index is -4.61. The number of nitrogens with one attached hydrogen (secondary N) is 1. The molecule has 0 atom stereocenters. The van der Waals surface area contributed by atoms with Crippen LogP contribution in [0.25, 0.3) is 0 Å². The topological polar surface area (TPSA) is 38.3 Å². The zero-order valence-electron chi connectivity index (χ0n) is 8.77. The van der Waals surface area contributed by atoms with Crippen molar-refractivity contribution in [2.75, 3.05) is 11.9 Å². The van der Waals surface area contributed by atoms with Crippen molar-refractivity contribution in [2.45, 2.75) is 13.1 Å². The number of anilines is 1. The van der Waals surface area contributed by atoms with Crippen LogP contribution in [0.3, 0.4) is 0 Å². The SMILES string of the molecule is Cc1cccc(F)c1NC(=O)OCC(F)(F)F. The van der Waals surface area contributed by atoms with E-state index in [1.165, 1.54) is 19.1 Å². The Morgan fingerprint density at radius 2 is 2.06 bits per heavy atom. The van der Waals surface area contributed by atoms with E-state index in [0.29, 0.717) is 5.56 Å². The van der Waals surface area contributed by atoms with Gasteiger partial charge < -0.3 is 4.74 Å². The molecular weight excluding hydrogens is 242 g/mol. The lowest BCUT2D eigenvalue weighted by atomic mass is 10.2. The Morgan fingerprint density at radius 1 is 1.41 bits per heavy atom. The number of alkyl halides is 3. The molecule has 0 spiro atoms. The average Bonchev–Trinajstić information content (AvgIpc) is 2.20. The molecule has 1 rings (SSSR count). The smallest absolute Gasteiger partial charge is 0.422 e. The van der Waals surface area contributed by atoms with Crippen LogP contribution in [0.15, 0.2) is 18.2 Å². The van der Waals surface area contributed by atoms with E-state index in [2.05, 4.69) is 4.74 Å². The van der Waals surface area contributed by atoms with Gasteiger partial charge in [-0.25, -0.2) is 9.18 Å². The van der Waals surface area contributed by atoms with Crippen molar-refractivity contribution in [3.05, 3.63) is 29.6 Å². The van der Waals surface area contributed by atoms with Crippen LogP contribution in [0.1, 0.15) is 5.56 Å². The lowest BCUT2D eigenvalue weighted by Gasteiger charge is -2.11. The zero-order chi connectivity index (χ0) is 13.1. The Labute approximate surface area is 94.4 Å². The molecule has 1 amide bonds. The summed E-state index contributed by atoms with van der Waals surface area (Å²) < 4.78 is 52.3. The van der Waals surface area contributed by atoms with Crippen LogP contribution in [0.4, 0.5) is 28.0 Å². The standard InChI is InChI=1S/C10H9F4NO2/c1-6-3-2-4-7(11)8(6)15-9(16)17-5-10(12,13)14/h2-4H,5H2,1H3,(H,15,16). The quantitative estimate of drug-likeness (QED) is 0.819. The molecule has 0 aromatic heterocycles. The van der Waals surface area contributed by atoms with Crippen molar-refractivity contribution in [1.29, 1.82) is 0 Å². The largest absolute Gasteiger partial charge is 0.440 e. The summed E-state index contributed by atoms with van der Waals surface area (Å²) in [6, 6.07) is 3.99. The first-order valence-electron chi connectivity index (χ1n) is 4.55. The van der Waals surface area contributed by atoms with E-state index in [4.69, 9.17) is 0 Å². The van der Waals surface area contributed by atoms with E-state index < -0.39 is 24.7 Å². The minimum Gasteiger partial charge on any atom is -0.440 e. The number of aryl methyl sites for hydroxylation is 1. The Kier molecular flexibility index (Phi) is 3.93. The molecule has 3 nitrogen and oxygen atoms in total. The fraction of sp³-hybridized carbons (Fsp3) is 0.300. The van der Waals surface area contributed by atoms with Crippen molar-refractivity contribution in [2.24, 2.45) is 0 Å². The molecule has 94 valence electrons. The summed E-state index contributed by atoms with van der Waals surface area (Å²) in [6.07, 6.45) is -5.96. The van der Waals surface area contributed by atoms with Gasteiger partial charge in [0.2, 0.25) is 0 Å². The molecule has 0 aliphatic rings. The molecule has 0 bridgehead atoms. The number of halogens is 4. The molecule has 0 saturated heterocycles. The second-order valence-corrected chi connectivity index (χ2v) is 3.25. The Bertz CT molecular complexity index is 397. The molecule has 1 N–H and O–H groups in total. The van der Waals surface area contributed by atoms with Crippen molar-refractivity contribution < 1.29 is 27.1 Å². The lowest BCUT2D eigenvalue weighted by Crippen LogP contribution is -2.24. The number of rotatable bonds is 2. The maximum atomic E-state index is 13.2. The monoisotopic (exact) mass is 251 g/mol. The van der Waals surface area contributed by atoms with Crippen LogP contribution in [0.2, 0.25) is 0 Å². The highest BCUT2D eigenvalue weighted by molar-refractivity contribution is 5.85. The van der Waals surface area contributed by atoms with Crippen LogP contribution in [-0.4, -0.2) is 18.9 Å². The molecular formula is C10H9F4NO2. The summed E-state index contributed by atoms with van der Waals surface area (Å²) in [5.41, 5.74) is 0.189. The third-order valence-corrected chi connectivity index (χ3v) is 1.82. The second kappa shape index (κ2) is 5.03. The Balaban J connectivity index is 2.63. The van der Waals surface area contributed by atoms with Crippen molar-refractivity contribution in [3.63, 3.8) is 0 Å². The fourth-order valence-corrected chi connectivity index (χ4v) is 1.08. The van der Waals surface area contributed by atoms with Gasteiger partial charge in [-0.3, -0.25) is 5.32 Å². The van der Waals surface area contributed by atoms with E-state index in [1.54, 1.807) is 0 Å². The summed E-state index contributed by atoms with van der Waals surface area (Å²) in [4.78, 5) is 11.0. The maximum Gasteiger partial charge on any atom is 0.422 e. The number of para-hydroxylation sites is 1. The number of carbonyl (C=O) groups excluding carboxylic acids is 1. The number of benzene rings is 1. The minimum absolute atomic E-state index is 0.195. The highest BCUT2D eigenvalue weighted by Gasteiger charge is 2.29. The molecule has 0 saturated carbocycles. The van der Waals surface area contributed by atoms with Gasteiger partial charge in [0.25, 0.3) is 0 Å². The molecule has 0 unspecified atom stereocenters. The number of hydrogen-bond acceptors (Lipinski definition) is 2. The van der Waals surface area contributed by atoms with Crippen LogP contribution in [-0.2, 0) is 4.74 Å². The predicted molar refractivity (Wildman–Crippen MR) is 52.2 cm³/mol. The number of hydrogen-bond donors (Lipinski definition) is 1. The third kappa shape index (κ3) is 4.29. The van der Waals surface area contributed by atoms with Crippen molar-refractivity contribution >= 4 is 11.8 Å². The van der Waals surface area contributed by atoms with Gasteiger partial charge in [0.15, 0.2) is 6.61 Å². The Hall–Kier alpha value is -1.79. The van der Waals surface area contributed by atoms with Crippen LogP contribution in [0.5, 0.6) is 0 Å². The van der Waals surface area contributed by atoms with Gasteiger partial charge in [0.1, 0.15) is 5.82 Å². The molecule has 0 radical (unpaired) electrons. The average molecular weight is 251 g/mol. The van der Waals surface area contributed by atoms with Gasteiger partial charge in [-0.05, 0) is 18.6 Å². The molecule has 17 heavy (non-hydrogen) atoms. The number of amides is 1. The zero-order valence-corrected chi connectivity index (χ0v) is 8.77. The summed E-state index contributed by atoms with van der Waals surface area (Å²) in [6.45, 7) is -0.214. The lowest BCUT2D eigenvalue weighted by molar-refractivity contribution is -0.159. The number of carbonyl (C=O) groups is 1. The second-order valence-electron chi connectivity index (χ2n) is 3.25. The highest BCUT2D eigenvalue weighted by Crippen LogP contribution is 2.19. The van der Waals surface area contributed by atoms with Crippen LogP contribution >= 0.6 is 0 Å². The highest BCUT2D eigenvalue weighted by atomic mass is 19.4. The van der Waals surface area contributed by atoms with E-state index in [9.17, 15) is 22.4 Å². The van der Waals surface area contributed by atoms with E-state index in [0.717, 1.165) is 6.07 Å². The molecule has 0 fully saturated rings. The summed E-state index contributed by atoms with van der Waals surface area (Å²) >= 11 is 0. The van der Waals surface area contributed by atoms with Gasteiger partial charge >= 0.3 is 12.3 Å². The molecule has 1 aromatic carbocycles. The summed E-state index contributed by atoms with van der Waals surface area (Å²) in [7, 11) is 0. The first-order chi connectivity index (χ1) is 7.79. The van der Waals surface area contributed by atoms with Gasteiger partial charge in [-0.15, -0.1) is 0 Å². The van der Waals surface area contributed by atoms with E-state index >= 15 is 0 Å². The van der Waals surface area contributed by atoms with Crippen LogP contribution in [0, 0.1) is 12.7 Å². The van der Waals surface area contributed by atoms with Gasteiger partial charge in [-0.1, -0.05) is 12.1 Å². The molecule has 1 aromatic rings. The maximum absolute atomic E-state index is 13.2. The normalized spacial score (nSPS) is 11.1. The summed E-state index contributed by atoms with van der Waals surface area (Å²) in [5, 5.41) is 1.91. The molecule has 7 heteroatoms. The first-order valence-corrected chi connectivity index (χ1v) is 4.55. The fourth-order valence-electron chi connectivity index (χ4n) is 1.08. The van der Waals surface area contributed by atoms with E-state index in [1.807, 2.05) is 5.32 Å². The number of ether oxygens (including phenoxy) is 1. The first kappa shape index (κ1) is 13.3. The van der Waals surface area contributed by atoms with Crippen molar-refractivity contribution in [3.8, 4) is 0 Å².